The lowest BCUT2D eigenvalue weighted by molar-refractivity contribution is 0.181. The molecule has 3 heteroatoms. The van der Waals surface area contributed by atoms with Crippen LogP contribution >= 0.6 is 11.3 Å². The van der Waals surface area contributed by atoms with Crippen molar-refractivity contribution in [1.29, 1.82) is 0 Å². The molecule has 19 heavy (non-hydrogen) atoms. The molecule has 0 spiro atoms. The summed E-state index contributed by atoms with van der Waals surface area (Å²) >= 11 is 1.80. The molecule has 100 valence electrons. The van der Waals surface area contributed by atoms with Gasteiger partial charge in [-0.3, -0.25) is 4.98 Å². The Kier molecular flexibility index (Phi) is 3.95. The summed E-state index contributed by atoms with van der Waals surface area (Å²) in [6, 6.07) is 8.07. The van der Waals surface area contributed by atoms with Crippen molar-refractivity contribution in [2.24, 2.45) is 0 Å². The van der Waals surface area contributed by atoms with Crippen LogP contribution < -0.4 is 0 Å². The average Bonchev–Trinajstić information content (AvgIpc) is 2.72. The molecule has 0 bridgehead atoms. The van der Waals surface area contributed by atoms with Gasteiger partial charge in [-0.1, -0.05) is 12.5 Å². The summed E-state index contributed by atoms with van der Waals surface area (Å²) < 4.78 is 0. The molecule has 1 N–H and O–H groups in total. The van der Waals surface area contributed by atoms with Gasteiger partial charge in [0.15, 0.2) is 0 Å². The molecule has 0 saturated heterocycles. The van der Waals surface area contributed by atoms with Crippen molar-refractivity contribution in [3.63, 3.8) is 0 Å². The first-order valence-electron chi connectivity index (χ1n) is 7.02. The van der Waals surface area contributed by atoms with Crippen LogP contribution in [0.1, 0.15) is 46.4 Å². The highest BCUT2D eigenvalue weighted by atomic mass is 32.1. The summed E-state index contributed by atoms with van der Waals surface area (Å²) in [6.45, 7) is 0. The number of hydrogen-bond donors (Lipinski definition) is 1. The van der Waals surface area contributed by atoms with Crippen LogP contribution in [0.5, 0.6) is 0 Å². The molecule has 0 aliphatic heterocycles. The van der Waals surface area contributed by atoms with E-state index >= 15 is 0 Å². The quantitative estimate of drug-likeness (QED) is 0.865. The first kappa shape index (κ1) is 12.8. The predicted octanol–water partition coefficient (Wildman–Crippen LogP) is 3.69. The van der Waals surface area contributed by atoms with Gasteiger partial charge in [0.1, 0.15) is 0 Å². The van der Waals surface area contributed by atoms with Crippen molar-refractivity contribution in [3.05, 3.63) is 51.5 Å². The molecule has 0 radical (unpaired) electrons. The Balaban J connectivity index is 1.75. The third-order valence-corrected chi connectivity index (χ3v) is 5.06. The van der Waals surface area contributed by atoms with Gasteiger partial charge >= 0.3 is 0 Å². The molecule has 2 aromatic rings. The number of aliphatic hydroxyl groups excluding tert-OH is 1. The maximum atomic E-state index is 10.4. The van der Waals surface area contributed by atoms with Gasteiger partial charge in [0.05, 0.1) is 6.10 Å². The zero-order valence-corrected chi connectivity index (χ0v) is 11.8. The number of aryl methyl sites for hydroxylation is 2. The molecule has 2 heterocycles. The molecule has 0 saturated carbocycles. The molecule has 0 aromatic carbocycles. The lowest BCUT2D eigenvalue weighted by Gasteiger charge is -2.07. The Labute approximate surface area is 118 Å². The number of nitrogens with zero attached hydrogens (tertiary/aromatic N) is 1. The molecule has 1 unspecified atom stereocenters. The number of thiophene rings is 1. The van der Waals surface area contributed by atoms with E-state index in [1.54, 1.807) is 17.5 Å². The first-order chi connectivity index (χ1) is 9.33. The number of fused-ring (bicyclic) bond motifs is 1. The Morgan fingerprint density at radius 3 is 2.95 bits per heavy atom. The summed E-state index contributed by atoms with van der Waals surface area (Å²) in [5, 5.41) is 10.4. The fraction of sp³-hybridized carbons (Fsp3) is 0.438. The maximum Gasteiger partial charge on any atom is 0.0937 e. The van der Waals surface area contributed by atoms with Gasteiger partial charge in [-0.05, 0) is 49.4 Å². The fourth-order valence-electron chi connectivity index (χ4n) is 2.67. The number of aliphatic hydroxyl groups is 1. The highest BCUT2D eigenvalue weighted by molar-refractivity contribution is 7.12. The van der Waals surface area contributed by atoms with Crippen LogP contribution in [0.2, 0.25) is 0 Å². The van der Waals surface area contributed by atoms with Crippen LogP contribution in [-0.4, -0.2) is 10.1 Å². The number of aromatic nitrogens is 1. The standard InChI is InChI=1S/C16H19NOS/c18-14(11-13-7-4-5-9-17-13)16-10-12-6-2-1-3-8-15(12)19-16/h4-5,7,9-10,14,18H,1-3,6,8,11H2. The van der Waals surface area contributed by atoms with Crippen LogP contribution in [0.4, 0.5) is 0 Å². The molecule has 0 amide bonds. The Morgan fingerprint density at radius 1 is 1.21 bits per heavy atom. The topological polar surface area (TPSA) is 33.1 Å². The molecule has 2 aromatic heterocycles. The van der Waals surface area contributed by atoms with Gasteiger partial charge < -0.3 is 5.11 Å². The van der Waals surface area contributed by atoms with Crippen molar-refractivity contribution in [2.75, 3.05) is 0 Å². The lowest BCUT2D eigenvalue weighted by atomic mass is 10.1. The van der Waals surface area contributed by atoms with E-state index in [-0.39, 0.29) is 0 Å². The number of hydrogen-bond acceptors (Lipinski definition) is 3. The molecular formula is C16H19NOS. The van der Waals surface area contributed by atoms with E-state index in [2.05, 4.69) is 11.1 Å². The van der Waals surface area contributed by atoms with Crippen LogP contribution in [0.25, 0.3) is 0 Å². The summed E-state index contributed by atoms with van der Waals surface area (Å²) in [6.07, 6.45) is 8.28. The monoisotopic (exact) mass is 273 g/mol. The molecule has 1 aliphatic rings. The van der Waals surface area contributed by atoms with Gasteiger partial charge in [-0.25, -0.2) is 0 Å². The minimum absolute atomic E-state index is 0.410. The molecule has 3 rings (SSSR count). The Bertz CT molecular complexity index is 511. The second-order valence-electron chi connectivity index (χ2n) is 5.20. The van der Waals surface area contributed by atoms with Crippen LogP contribution in [-0.2, 0) is 19.3 Å². The molecule has 1 aliphatic carbocycles. The highest BCUT2D eigenvalue weighted by Gasteiger charge is 2.17. The van der Waals surface area contributed by atoms with E-state index in [4.69, 9.17) is 0 Å². The summed E-state index contributed by atoms with van der Waals surface area (Å²) in [4.78, 5) is 6.89. The molecular weight excluding hydrogens is 254 g/mol. The van der Waals surface area contributed by atoms with E-state index in [1.165, 1.54) is 42.5 Å². The fourth-order valence-corrected chi connectivity index (χ4v) is 3.92. The van der Waals surface area contributed by atoms with Gasteiger partial charge in [0, 0.05) is 28.1 Å². The predicted molar refractivity (Wildman–Crippen MR) is 78.5 cm³/mol. The van der Waals surface area contributed by atoms with Crippen LogP contribution in [0.3, 0.4) is 0 Å². The Hall–Kier alpha value is -1.19. The van der Waals surface area contributed by atoms with Crippen LogP contribution in [0, 0.1) is 0 Å². The summed E-state index contributed by atoms with van der Waals surface area (Å²) in [7, 11) is 0. The van der Waals surface area contributed by atoms with E-state index in [0.717, 1.165) is 10.6 Å². The zero-order chi connectivity index (χ0) is 13.1. The second kappa shape index (κ2) is 5.85. The van der Waals surface area contributed by atoms with Gasteiger partial charge in [0.25, 0.3) is 0 Å². The van der Waals surface area contributed by atoms with Crippen molar-refractivity contribution in [2.45, 2.75) is 44.6 Å². The highest BCUT2D eigenvalue weighted by Crippen LogP contribution is 2.33. The number of rotatable bonds is 3. The first-order valence-corrected chi connectivity index (χ1v) is 7.84. The zero-order valence-electron chi connectivity index (χ0n) is 11.0. The smallest absolute Gasteiger partial charge is 0.0937 e. The molecule has 0 fully saturated rings. The minimum atomic E-state index is -0.410. The van der Waals surface area contributed by atoms with Crippen molar-refractivity contribution in [3.8, 4) is 0 Å². The van der Waals surface area contributed by atoms with Gasteiger partial charge in [-0.2, -0.15) is 0 Å². The van der Waals surface area contributed by atoms with Crippen molar-refractivity contribution < 1.29 is 5.11 Å². The third-order valence-electron chi connectivity index (χ3n) is 3.72. The van der Waals surface area contributed by atoms with E-state index < -0.39 is 6.10 Å². The van der Waals surface area contributed by atoms with E-state index in [1.807, 2.05) is 18.2 Å². The van der Waals surface area contributed by atoms with Gasteiger partial charge in [0.2, 0.25) is 0 Å². The largest absolute Gasteiger partial charge is 0.387 e. The van der Waals surface area contributed by atoms with Gasteiger partial charge in [-0.15, -0.1) is 11.3 Å². The minimum Gasteiger partial charge on any atom is -0.387 e. The van der Waals surface area contributed by atoms with Crippen molar-refractivity contribution >= 4 is 11.3 Å². The normalized spacial score (nSPS) is 16.7. The molecule has 2 nitrogen and oxygen atoms in total. The molecule has 1 atom stereocenters. The second-order valence-corrected chi connectivity index (χ2v) is 6.37. The van der Waals surface area contributed by atoms with E-state index in [9.17, 15) is 5.11 Å². The summed E-state index contributed by atoms with van der Waals surface area (Å²) in [5.74, 6) is 0. The third kappa shape index (κ3) is 3.04. The Morgan fingerprint density at radius 2 is 2.11 bits per heavy atom. The van der Waals surface area contributed by atoms with Crippen molar-refractivity contribution in [1.82, 2.24) is 4.98 Å². The van der Waals surface area contributed by atoms with E-state index in [0.29, 0.717) is 6.42 Å². The maximum absolute atomic E-state index is 10.4. The SMILES string of the molecule is OC(Cc1ccccn1)c1cc2c(s1)CCCCC2. The lowest BCUT2D eigenvalue weighted by Crippen LogP contribution is -2.01. The summed E-state index contributed by atoms with van der Waals surface area (Å²) in [5.41, 5.74) is 2.43. The number of pyridine rings is 1. The average molecular weight is 273 g/mol. The van der Waals surface area contributed by atoms with Crippen LogP contribution in [0.15, 0.2) is 30.5 Å².